The van der Waals surface area contributed by atoms with Crippen LogP contribution in [0.5, 0.6) is 0 Å². The van der Waals surface area contributed by atoms with Crippen molar-refractivity contribution in [2.24, 2.45) is 5.73 Å². The summed E-state index contributed by atoms with van der Waals surface area (Å²) in [6.07, 6.45) is 0. The van der Waals surface area contributed by atoms with Crippen LogP contribution in [0.3, 0.4) is 0 Å². The van der Waals surface area contributed by atoms with E-state index in [9.17, 15) is 0 Å². The van der Waals surface area contributed by atoms with Crippen LogP contribution < -0.4 is 5.73 Å². The summed E-state index contributed by atoms with van der Waals surface area (Å²) in [5.41, 5.74) is 5.52. The van der Waals surface area contributed by atoms with Crippen molar-refractivity contribution in [3.05, 3.63) is 35.2 Å². The van der Waals surface area contributed by atoms with Gasteiger partial charge in [-0.3, -0.25) is 0 Å². The lowest BCUT2D eigenvalue weighted by Crippen LogP contribution is -1.90. The number of nitrogens with two attached hydrogens (primary N) is 1. The number of hydrogen-bond acceptors (Lipinski definition) is 2. The summed E-state index contributed by atoms with van der Waals surface area (Å²) in [5.74, 6) is 0. The number of benzene rings is 1. The summed E-state index contributed by atoms with van der Waals surface area (Å²) in [6, 6.07) is 10.5. The summed E-state index contributed by atoms with van der Waals surface area (Å²) in [7, 11) is 0. The maximum Gasteiger partial charge on any atom is 0.0346 e. The summed E-state index contributed by atoms with van der Waals surface area (Å²) in [5, 5.41) is 1.30. The molecular weight excluding hydrogens is 190 g/mol. The van der Waals surface area contributed by atoms with E-state index in [1.807, 2.05) is 0 Å². The summed E-state index contributed by atoms with van der Waals surface area (Å²) < 4.78 is 1.33. The molecule has 0 saturated heterocycles. The quantitative estimate of drug-likeness (QED) is 0.751. The molecule has 1 aromatic heterocycles. The molecule has 0 atom stereocenters. The third-order valence-electron chi connectivity index (χ3n) is 1.68. The van der Waals surface area contributed by atoms with Crippen molar-refractivity contribution in [3.8, 4) is 0 Å². The number of halogens is 1. The average Bonchev–Trinajstić information content (AvgIpc) is 2.46. The van der Waals surface area contributed by atoms with Gasteiger partial charge in [0.1, 0.15) is 0 Å². The van der Waals surface area contributed by atoms with Gasteiger partial charge in [0.2, 0.25) is 0 Å². The highest BCUT2D eigenvalue weighted by Gasteiger charge is 1.96. The van der Waals surface area contributed by atoms with E-state index in [4.69, 9.17) is 5.73 Å². The molecule has 12 heavy (non-hydrogen) atoms. The van der Waals surface area contributed by atoms with Gasteiger partial charge in [0.15, 0.2) is 0 Å². The largest absolute Gasteiger partial charge is 0.326 e. The third-order valence-corrected chi connectivity index (χ3v) is 2.82. The van der Waals surface area contributed by atoms with Gasteiger partial charge in [0, 0.05) is 16.1 Å². The van der Waals surface area contributed by atoms with E-state index in [0.29, 0.717) is 6.54 Å². The van der Waals surface area contributed by atoms with Gasteiger partial charge in [-0.25, -0.2) is 0 Å². The van der Waals surface area contributed by atoms with Crippen LogP contribution in [-0.2, 0) is 6.54 Å². The van der Waals surface area contributed by atoms with Crippen LogP contribution in [-0.4, -0.2) is 0 Å². The van der Waals surface area contributed by atoms with Gasteiger partial charge in [0.05, 0.1) is 0 Å². The Bertz CT molecular complexity index is 336. The Balaban J connectivity index is 0.000000720. The summed E-state index contributed by atoms with van der Waals surface area (Å²) >= 11 is 1.77. The molecule has 0 spiro atoms. The van der Waals surface area contributed by atoms with Crippen molar-refractivity contribution in [1.82, 2.24) is 0 Å². The molecule has 2 N–H and O–H groups in total. The Hall–Kier alpha value is -0.570. The second-order valence-corrected chi connectivity index (χ2v) is 3.62. The van der Waals surface area contributed by atoms with Crippen LogP contribution >= 0.6 is 23.7 Å². The van der Waals surface area contributed by atoms with E-state index in [-0.39, 0.29) is 12.4 Å². The lowest BCUT2D eigenvalue weighted by atomic mass is 10.2. The molecule has 64 valence electrons. The lowest BCUT2D eigenvalue weighted by molar-refractivity contribution is 1.11. The normalized spacial score (nSPS) is 9.75. The van der Waals surface area contributed by atoms with Gasteiger partial charge < -0.3 is 5.73 Å². The molecule has 0 amide bonds. The van der Waals surface area contributed by atoms with Crippen molar-refractivity contribution >= 4 is 33.8 Å². The molecule has 0 aliphatic rings. The van der Waals surface area contributed by atoms with Gasteiger partial charge in [-0.1, -0.05) is 18.2 Å². The molecule has 0 bridgehead atoms. The molecule has 2 aromatic rings. The van der Waals surface area contributed by atoms with Crippen molar-refractivity contribution in [2.45, 2.75) is 6.54 Å². The fourth-order valence-electron chi connectivity index (χ4n) is 1.14. The molecule has 0 fully saturated rings. The smallest absolute Gasteiger partial charge is 0.0346 e. The highest BCUT2D eigenvalue weighted by Crippen LogP contribution is 2.24. The van der Waals surface area contributed by atoms with Crippen LogP contribution in [0.4, 0.5) is 0 Å². The predicted octanol–water partition coefficient (Wildman–Crippen LogP) is 2.78. The Morgan fingerprint density at radius 2 is 2.00 bits per heavy atom. The van der Waals surface area contributed by atoms with E-state index in [2.05, 4.69) is 30.3 Å². The minimum absolute atomic E-state index is 0. The first kappa shape index (κ1) is 9.52. The zero-order chi connectivity index (χ0) is 7.68. The number of fused-ring (bicyclic) bond motifs is 1. The number of thiophene rings is 1. The number of rotatable bonds is 1. The van der Waals surface area contributed by atoms with Crippen LogP contribution in [0.2, 0.25) is 0 Å². The molecule has 2 rings (SSSR count). The molecule has 0 aliphatic carbocycles. The molecule has 0 unspecified atom stereocenters. The highest BCUT2D eigenvalue weighted by atomic mass is 35.5. The van der Waals surface area contributed by atoms with E-state index < -0.39 is 0 Å². The number of hydrogen-bond donors (Lipinski definition) is 1. The second kappa shape index (κ2) is 3.90. The van der Waals surface area contributed by atoms with Crippen molar-refractivity contribution < 1.29 is 0 Å². The van der Waals surface area contributed by atoms with Crippen LogP contribution in [0.1, 0.15) is 4.88 Å². The molecular formula is C9H10ClNS. The first-order valence-corrected chi connectivity index (χ1v) is 4.39. The fourth-order valence-corrected chi connectivity index (χ4v) is 2.08. The molecule has 1 heterocycles. The van der Waals surface area contributed by atoms with Gasteiger partial charge in [0.25, 0.3) is 0 Å². The summed E-state index contributed by atoms with van der Waals surface area (Å²) in [6.45, 7) is 0.652. The average molecular weight is 200 g/mol. The maximum absolute atomic E-state index is 5.52. The van der Waals surface area contributed by atoms with E-state index in [1.54, 1.807) is 11.3 Å². The minimum atomic E-state index is 0. The Labute approximate surface area is 81.6 Å². The molecule has 1 aromatic carbocycles. The molecule has 3 heteroatoms. The Morgan fingerprint density at radius 1 is 1.25 bits per heavy atom. The van der Waals surface area contributed by atoms with Crippen molar-refractivity contribution in [2.75, 3.05) is 0 Å². The van der Waals surface area contributed by atoms with Crippen molar-refractivity contribution in [3.63, 3.8) is 0 Å². The highest BCUT2D eigenvalue weighted by molar-refractivity contribution is 7.19. The SMILES string of the molecule is Cl.NCc1cc2ccccc2s1. The monoisotopic (exact) mass is 199 g/mol. The van der Waals surface area contributed by atoms with Crippen molar-refractivity contribution in [1.29, 1.82) is 0 Å². The minimum Gasteiger partial charge on any atom is -0.326 e. The maximum atomic E-state index is 5.52. The predicted molar refractivity (Wildman–Crippen MR) is 57.0 cm³/mol. The van der Waals surface area contributed by atoms with Crippen LogP contribution in [0.15, 0.2) is 30.3 Å². The fraction of sp³-hybridized carbons (Fsp3) is 0.111. The first-order chi connectivity index (χ1) is 5.40. The first-order valence-electron chi connectivity index (χ1n) is 3.57. The van der Waals surface area contributed by atoms with E-state index >= 15 is 0 Å². The van der Waals surface area contributed by atoms with Crippen LogP contribution in [0.25, 0.3) is 10.1 Å². The zero-order valence-corrected chi connectivity index (χ0v) is 8.12. The lowest BCUT2D eigenvalue weighted by Gasteiger charge is -1.82. The molecule has 1 nitrogen and oxygen atoms in total. The second-order valence-electron chi connectivity index (χ2n) is 2.45. The van der Waals surface area contributed by atoms with Gasteiger partial charge in [-0.2, -0.15) is 0 Å². The standard InChI is InChI=1S/C9H9NS.ClH/c10-6-8-5-7-3-1-2-4-9(7)11-8;/h1-5H,6,10H2;1H. The topological polar surface area (TPSA) is 26.0 Å². The Kier molecular flexibility index (Phi) is 3.09. The zero-order valence-electron chi connectivity index (χ0n) is 6.49. The van der Waals surface area contributed by atoms with E-state index in [0.717, 1.165) is 0 Å². The van der Waals surface area contributed by atoms with Gasteiger partial charge in [-0.05, 0) is 17.5 Å². The van der Waals surface area contributed by atoms with Gasteiger partial charge in [-0.15, -0.1) is 23.7 Å². The molecule has 0 radical (unpaired) electrons. The van der Waals surface area contributed by atoms with Crippen LogP contribution in [0, 0.1) is 0 Å². The Morgan fingerprint density at radius 3 is 2.67 bits per heavy atom. The van der Waals surface area contributed by atoms with Gasteiger partial charge >= 0.3 is 0 Å². The van der Waals surface area contributed by atoms with E-state index in [1.165, 1.54) is 15.0 Å². The third kappa shape index (κ3) is 1.61. The molecule has 0 saturated carbocycles. The molecule has 0 aliphatic heterocycles. The summed E-state index contributed by atoms with van der Waals surface area (Å²) in [4.78, 5) is 1.26.